The van der Waals surface area contributed by atoms with Crippen LogP contribution in [0.1, 0.15) is 25.3 Å². The van der Waals surface area contributed by atoms with Gasteiger partial charge in [-0.15, -0.1) is 0 Å². The number of benzene rings is 3. The number of nitriles is 1. The maximum atomic E-state index is 12.6. The molecule has 30 heavy (non-hydrogen) atoms. The van der Waals surface area contributed by atoms with Crippen molar-refractivity contribution in [3.63, 3.8) is 0 Å². The Hall–Kier alpha value is -3.78. The number of hydrogen-bond donors (Lipinski definition) is 1. The molecule has 0 bridgehead atoms. The zero-order valence-corrected chi connectivity index (χ0v) is 17.1. The number of hydrogen-bond acceptors (Lipinski definition) is 4. The van der Waals surface area contributed by atoms with Gasteiger partial charge in [-0.05, 0) is 53.1 Å². The van der Waals surface area contributed by atoms with Crippen LogP contribution in [0.4, 0.5) is 5.69 Å². The number of methoxy groups -OCH3 is 1. The van der Waals surface area contributed by atoms with Crippen molar-refractivity contribution in [2.24, 2.45) is 0 Å². The molecule has 5 nitrogen and oxygen atoms in total. The van der Waals surface area contributed by atoms with Crippen LogP contribution in [0.15, 0.2) is 66.2 Å². The fourth-order valence-corrected chi connectivity index (χ4v) is 3.00. The largest absolute Gasteiger partial charge is 0.493 e. The summed E-state index contributed by atoms with van der Waals surface area (Å²) >= 11 is 0. The van der Waals surface area contributed by atoms with Gasteiger partial charge in [0.05, 0.1) is 13.7 Å². The van der Waals surface area contributed by atoms with Gasteiger partial charge >= 0.3 is 0 Å². The number of amides is 1. The molecule has 0 saturated heterocycles. The molecule has 3 aromatic rings. The fourth-order valence-electron chi connectivity index (χ4n) is 3.00. The molecule has 0 saturated carbocycles. The number of fused-ring (bicyclic) bond motifs is 1. The lowest BCUT2D eigenvalue weighted by atomic mass is 10.1. The molecule has 0 unspecified atom stereocenters. The van der Waals surface area contributed by atoms with Crippen molar-refractivity contribution >= 4 is 28.4 Å². The second-order valence-corrected chi connectivity index (χ2v) is 6.80. The van der Waals surface area contributed by atoms with Crippen LogP contribution in [-0.2, 0) is 4.79 Å². The molecule has 0 atom stereocenters. The smallest absolute Gasteiger partial charge is 0.266 e. The third-order valence-electron chi connectivity index (χ3n) is 4.63. The van der Waals surface area contributed by atoms with Gasteiger partial charge in [0.25, 0.3) is 5.91 Å². The summed E-state index contributed by atoms with van der Waals surface area (Å²) < 4.78 is 11.1. The molecule has 0 fully saturated rings. The second-order valence-electron chi connectivity index (χ2n) is 6.80. The van der Waals surface area contributed by atoms with Crippen LogP contribution < -0.4 is 14.8 Å². The van der Waals surface area contributed by atoms with E-state index >= 15 is 0 Å². The van der Waals surface area contributed by atoms with Gasteiger partial charge in [-0.2, -0.15) is 5.26 Å². The molecular weight excluding hydrogens is 376 g/mol. The molecule has 0 aliphatic rings. The summed E-state index contributed by atoms with van der Waals surface area (Å²) in [6.07, 6.45) is 3.54. The highest BCUT2D eigenvalue weighted by Crippen LogP contribution is 2.29. The Morgan fingerprint density at radius 2 is 1.87 bits per heavy atom. The number of nitrogens with zero attached hydrogens (tertiary/aromatic N) is 1. The number of ether oxygens (including phenoxy) is 2. The molecule has 5 heteroatoms. The van der Waals surface area contributed by atoms with Gasteiger partial charge < -0.3 is 14.8 Å². The zero-order chi connectivity index (χ0) is 21.3. The van der Waals surface area contributed by atoms with Crippen LogP contribution in [0.5, 0.6) is 11.5 Å². The minimum Gasteiger partial charge on any atom is -0.493 e. The highest BCUT2D eigenvalue weighted by Gasteiger charge is 2.11. The Morgan fingerprint density at radius 3 is 2.60 bits per heavy atom. The molecule has 152 valence electrons. The fraction of sp³-hybridized carbons (Fsp3) is 0.200. The lowest BCUT2D eigenvalue weighted by Crippen LogP contribution is -2.13. The number of unbranched alkanes of at least 4 members (excludes halogenated alkanes) is 1. The van der Waals surface area contributed by atoms with Crippen LogP contribution in [0.2, 0.25) is 0 Å². The third-order valence-corrected chi connectivity index (χ3v) is 4.63. The molecule has 3 rings (SSSR count). The van der Waals surface area contributed by atoms with Gasteiger partial charge in [0.15, 0.2) is 11.5 Å². The van der Waals surface area contributed by atoms with Crippen molar-refractivity contribution in [3.8, 4) is 17.6 Å². The Balaban J connectivity index is 1.78. The molecule has 0 radical (unpaired) electrons. The molecule has 0 aromatic heterocycles. The van der Waals surface area contributed by atoms with Crippen molar-refractivity contribution in [1.29, 1.82) is 5.26 Å². The first-order valence-electron chi connectivity index (χ1n) is 9.87. The number of carbonyl (C=O) groups excluding carboxylic acids is 1. The molecule has 1 amide bonds. The average Bonchev–Trinajstić information content (AvgIpc) is 2.78. The lowest BCUT2D eigenvalue weighted by Gasteiger charge is -2.11. The number of anilines is 1. The Bertz CT molecular complexity index is 1110. The molecular formula is C25H24N2O3. The molecule has 0 spiro atoms. The van der Waals surface area contributed by atoms with Crippen molar-refractivity contribution in [2.45, 2.75) is 19.8 Å². The maximum absolute atomic E-state index is 12.6. The Morgan fingerprint density at radius 1 is 1.07 bits per heavy atom. The average molecular weight is 400 g/mol. The third kappa shape index (κ3) is 5.18. The van der Waals surface area contributed by atoms with E-state index in [1.54, 1.807) is 25.3 Å². The summed E-state index contributed by atoms with van der Waals surface area (Å²) in [7, 11) is 1.56. The van der Waals surface area contributed by atoms with Crippen molar-refractivity contribution in [3.05, 3.63) is 71.8 Å². The van der Waals surface area contributed by atoms with E-state index in [9.17, 15) is 10.1 Å². The summed E-state index contributed by atoms with van der Waals surface area (Å²) in [5, 5.41) is 14.4. The minimum atomic E-state index is -0.463. The van der Waals surface area contributed by atoms with E-state index in [0.717, 1.165) is 23.6 Å². The standard InChI is InChI=1S/C25H24N2O3/c1-3-4-13-30-23-12-9-18(15-24(23)29-2)14-21(17-26)25(28)27-22-11-10-19-7-5-6-8-20(19)16-22/h5-12,14-16H,3-4,13H2,1-2H3,(H,27,28). The predicted octanol–water partition coefficient (Wildman–Crippen LogP) is 5.57. The van der Waals surface area contributed by atoms with Gasteiger partial charge in [0.2, 0.25) is 0 Å². The molecule has 3 aromatic carbocycles. The van der Waals surface area contributed by atoms with E-state index in [1.165, 1.54) is 6.08 Å². The first kappa shape index (κ1) is 20.9. The summed E-state index contributed by atoms with van der Waals surface area (Å²) in [5.74, 6) is 0.740. The summed E-state index contributed by atoms with van der Waals surface area (Å²) in [5.41, 5.74) is 1.32. The molecule has 1 N–H and O–H groups in total. The highest BCUT2D eigenvalue weighted by molar-refractivity contribution is 6.10. The summed E-state index contributed by atoms with van der Waals surface area (Å²) in [4.78, 5) is 12.6. The van der Waals surface area contributed by atoms with Crippen molar-refractivity contribution < 1.29 is 14.3 Å². The summed E-state index contributed by atoms with van der Waals surface area (Å²) in [6, 6.07) is 20.8. The van der Waals surface area contributed by atoms with Gasteiger partial charge in [-0.3, -0.25) is 4.79 Å². The van der Waals surface area contributed by atoms with Crippen LogP contribution in [-0.4, -0.2) is 19.6 Å². The first-order valence-corrected chi connectivity index (χ1v) is 9.87. The van der Waals surface area contributed by atoms with Gasteiger partial charge in [-0.1, -0.05) is 49.7 Å². The maximum Gasteiger partial charge on any atom is 0.266 e. The SMILES string of the molecule is CCCCOc1ccc(C=C(C#N)C(=O)Nc2ccc3ccccc3c2)cc1OC. The van der Waals surface area contributed by atoms with E-state index in [1.807, 2.05) is 48.5 Å². The Kier molecular flexibility index (Phi) is 7.07. The van der Waals surface area contributed by atoms with Crippen LogP contribution >= 0.6 is 0 Å². The lowest BCUT2D eigenvalue weighted by molar-refractivity contribution is -0.112. The monoisotopic (exact) mass is 400 g/mol. The molecule has 0 aliphatic heterocycles. The predicted molar refractivity (Wildman–Crippen MR) is 120 cm³/mol. The number of rotatable bonds is 8. The van der Waals surface area contributed by atoms with Gasteiger partial charge in [0.1, 0.15) is 11.6 Å². The van der Waals surface area contributed by atoms with E-state index < -0.39 is 5.91 Å². The van der Waals surface area contributed by atoms with Crippen LogP contribution in [0.25, 0.3) is 16.8 Å². The highest BCUT2D eigenvalue weighted by atomic mass is 16.5. The summed E-state index contributed by atoms with van der Waals surface area (Å²) in [6.45, 7) is 2.71. The van der Waals surface area contributed by atoms with E-state index in [2.05, 4.69) is 12.2 Å². The van der Waals surface area contributed by atoms with Crippen LogP contribution in [0.3, 0.4) is 0 Å². The van der Waals surface area contributed by atoms with E-state index in [0.29, 0.717) is 29.4 Å². The van der Waals surface area contributed by atoms with Crippen molar-refractivity contribution in [1.82, 2.24) is 0 Å². The normalized spacial score (nSPS) is 11.0. The van der Waals surface area contributed by atoms with Crippen LogP contribution in [0, 0.1) is 11.3 Å². The number of nitrogens with one attached hydrogen (secondary N) is 1. The quantitative estimate of drug-likeness (QED) is 0.305. The van der Waals surface area contributed by atoms with Crippen molar-refractivity contribution in [2.75, 3.05) is 19.0 Å². The molecule has 0 aliphatic carbocycles. The van der Waals surface area contributed by atoms with Gasteiger partial charge in [-0.25, -0.2) is 0 Å². The van der Waals surface area contributed by atoms with Gasteiger partial charge in [0, 0.05) is 5.69 Å². The first-order chi connectivity index (χ1) is 14.6. The van der Waals surface area contributed by atoms with E-state index in [4.69, 9.17) is 9.47 Å². The zero-order valence-electron chi connectivity index (χ0n) is 17.1. The Labute approximate surface area is 176 Å². The van der Waals surface area contributed by atoms with E-state index in [-0.39, 0.29) is 5.57 Å². The topological polar surface area (TPSA) is 71.3 Å². The molecule has 0 heterocycles. The second kappa shape index (κ2) is 10.1. The minimum absolute atomic E-state index is 0.00450. The number of carbonyl (C=O) groups is 1.